The summed E-state index contributed by atoms with van der Waals surface area (Å²) < 4.78 is 32.8. The van der Waals surface area contributed by atoms with E-state index in [9.17, 15) is 4.79 Å². The standard InChI is InChI=1S/C33H36FN5O4/c1-23-12-16-38(17-13-23)15-6-18-42-32-21-28-26(20-31(32)41-2)29(11-14-36-28)43-30-10-9-24(19-27(30)34)22-37-39(33(35)40)25-7-4-3-5-8-25/h3-5,7-11,14,19-23H,6,12-13,15-18H2,1-2H3,(H2,35,40)/b37-22+. The van der Waals surface area contributed by atoms with Crippen LogP contribution in [-0.4, -0.2) is 55.5 Å². The van der Waals surface area contributed by atoms with E-state index in [-0.39, 0.29) is 5.75 Å². The molecule has 2 heterocycles. The Morgan fingerprint density at radius 1 is 1.07 bits per heavy atom. The number of ether oxygens (including phenoxy) is 3. The molecule has 0 aliphatic carbocycles. The van der Waals surface area contributed by atoms with Gasteiger partial charge in [-0.25, -0.2) is 9.18 Å². The van der Waals surface area contributed by atoms with Crippen molar-refractivity contribution in [2.75, 3.05) is 38.4 Å². The van der Waals surface area contributed by atoms with Crippen molar-refractivity contribution in [3.8, 4) is 23.0 Å². The lowest BCUT2D eigenvalue weighted by molar-refractivity contribution is 0.176. The van der Waals surface area contributed by atoms with E-state index in [0.29, 0.717) is 46.0 Å². The van der Waals surface area contributed by atoms with E-state index < -0.39 is 11.8 Å². The predicted octanol–water partition coefficient (Wildman–Crippen LogP) is 6.59. The van der Waals surface area contributed by atoms with Crippen LogP contribution in [0.1, 0.15) is 31.7 Å². The lowest BCUT2D eigenvalue weighted by atomic mass is 9.99. The number of piperidine rings is 1. The molecule has 224 valence electrons. The summed E-state index contributed by atoms with van der Waals surface area (Å²) in [5.41, 5.74) is 7.01. The smallest absolute Gasteiger partial charge is 0.340 e. The number of hydrazone groups is 1. The molecule has 5 rings (SSSR count). The number of amides is 2. The maximum atomic E-state index is 15.1. The minimum absolute atomic E-state index is 0.0193. The van der Waals surface area contributed by atoms with Gasteiger partial charge in [0, 0.05) is 24.2 Å². The van der Waals surface area contributed by atoms with Crippen LogP contribution < -0.4 is 25.0 Å². The first-order chi connectivity index (χ1) is 20.9. The largest absolute Gasteiger partial charge is 0.493 e. The molecule has 10 heteroatoms. The monoisotopic (exact) mass is 585 g/mol. The second-order valence-electron chi connectivity index (χ2n) is 10.6. The summed E-state index contributed by atoms with van der Waals surface area (Å²) >= 11 is 0. The number of carbonyl (C=O) groups excluding carboxylic acids is 1. The van der Waals surface area contributed by atoms with E-state index in [1.54, 1.807) is 55.8 Å². The molecule has 4 aromatic rings. The Hall–Kier alpha value is -4.70. The third-order valence-corrected chi connectivity index (χ3v) is 7.45. The van der Waals surface area contributed by atoms with Crippen LogP contribution in [0.4, 0.5) is 14.9 Å². The van der Waals surface area contributed by atoms with Crippen LogP contribution in [0, 0.1) is 11.7 Å². The van der Waals surface area contributed by atoms with Crippen LogP contribution in [0.15, 0.2) is 78.0 Å². The molecule has 0 saturated carbocycles. The molecule has 1 saturated heterocycles. The van der Waals surface area contributed by atoms with Crippen LogP contribution in [0.25, 0.3) is 10.9 Å². The molecular weight excluding hydrogens is 549 g/mol. The number of hydrogen-bond acceptors (Lipinski definition) is 7. The average molecular weight is 586 g/mol. The number of benzene rings is 3. The quantitative estimate of drug-likeness (QED) is 0.121. The molecule has 1 aliphatic heterocycles. The summed E-state index contributed by atoms with van der Waals surface area (Å²) in [6.45, 7) is 6.17. The second-order valence-corrected chi connectivity index (χ2v) is 10.6. The van der Waals surface area contributed by atoms with E-state index in [2.05, 4.69) is 21.9 Å². The summed E-state index contributed by atoms with van der Waals surface area (Å²) in [7, 11) is 1.58. The first kappa shape index (κ1) is 29.8. The molecule has 0 spiro atoms. The number of methoxy groups -OCH3 is 1. The third kappa shape index (κ3) is 7.58. The van der Waals surface area contributed by atoms with Gasteiger partial charge in [-0.2, -0.15) is 10.1 Å². The molecule has 2 amide bonds. The average Bonchev–Trinajstić information content (AvgIpc) is 3.01. The van der Waals surface area contributed by atoms with E-state index in [1.165, 1.54) is 31.2 Å². The zero-order chi connectivity index (χ0) is 30.2. The fraction of sp³-hybridized carbons (Fsp3) is 0.303. The van der Waals surface area contributed by atoms with Gasteiger partial charge < -0.3 is 24.8 Å². The Morgan fingerprint density at radius 3 is 2.58 bits per heavy atom. The number of carbonyl (C=O) groups is 1. The number of anilines is 1. The van der Waals surface area contributed by atoms with Gasteiger partial charge in [-0.15, -0.1) is 0 Å². The van der Waals surface area contributed by atoms with Crippen molar-refractivity contribution in [2.24, 2.45) is 16.8 Å². The molecule has 0 atom stereocenters. The Labute approximate surface area is 250 Å². The lowest BCUT2D eigenvalue weighted by Gasteiger charge is -2.30. The number of aromatic nitrogens is 1. The fourth-order valence-corrected chi connectivity index (χ4v) is 4.99. The van der Waals surface area contributed by atoms with E-state index >= 15 is 4.39 Å². The first-order valence-corrected chi connectivity index (χ1v) is 14.4. The number of urea groups is 1. The van der Waals surface area contributed by atoms with Crippen LogP contribution in [0.2, 0.25) is 0 Å². The van der Waals surface area contributed by atoms with Crippen LogP contribution >= 0.6 is 0 Å². The van der Waals surface area contributed by atoms with Crippen molar-refractivity contribution in [2.45, 2.75) is 26.2 Å². The number of rotatable bonds is 11. The summed E-state index contributed by atoms with van der Waals surface area (Å²) in [5, 5.41) is 5.82. The minimum atomic E-state index is -0.761. The number of para-hydroxylation sites is 1. The molecule has 0 bridgehead atoms. The Morgan fingerprint density at radius 2 is 1.86 bits per heavy atom. The highest BCUT2D eigenvalue weighted by Crippen LogP contribution is 2.37. The molecular formula is C33H36FN5O4. The summed E-state index contributed by atoms with van der Waals surface area (Å²) in [6, 6.07) is 17.6. The third-order valence-electron chi connectivity index (χ3n) is 7.45. The fourth-order valence-electron chi connectivity index (χ4n) is 4.99. The second kappa shape index (κ2) is 14.0. The summed E-state index contributed by atoms with van der Waals surface area (Å²) in [5.74, 6) is 1.79. The van der Waals surface area contributed by atoms with Gasteiger partial charge in [0.15, 0.2) is 23.1 Å². The Bertz CT molecular complexity index is 1570. The number of nitrogens with zero attached hydrogens (tertiary/aromatic N) is 4. The molecule has 43 heavy (non-hydrogen) atoms. The van der Waals surface area contributed by atoms with Crippen molar-refractivity contribution in [1.29, 1.82) is 0 Å². The highest BCUT2D eigenvalue weighted by atomic mass is 19.1. The van der Waals surface area contributed by atoms with Crippen molar-refractivity contribution in [1.82, 2.24) is 9.88 Å². The van der Waals surface area contributed by atoms with Crippen molar-refractivity contribution >= 4 is 28.8 Å². The number of halogens is 1. The van der Waals surface area contributed by atoms with E-state index in [1.807, 2.05) is 12.1 Å². The van der Waals surface area contributed by atoms with Gasteiger partial charge in [-0.05, 0) is 86.3 Å². The molecule has 1 aliphatic rings. The Balaban J connectivity index is 1.27. The Kier molecular flexibility index (Phi) is 9.68. The molecule has 3 aromatic carbocycles. The minimum Gasteiger partial charge on any atom is -0.493 e. The molecule has 2 N–H and O–H groups in total. The molecule has 9 nitrogen and oxygen atoms in total. The summed E-state index contributed by atoms with van der Waals surface area (Å²) in [6.07, 6.45) is 6.38. The lowest BCUT2D eigenvalue weighted by Crippen LogP contribution is -2.34. The van der Waals surface area contributed by atoms with E-state index in [0.717, 1.165) is 37.0 Å². The molecule has 0 unspecified atom stereocenters. The highest BCUT2D eigenvalue weighted by molar-refractivity contribution is 5.93. The topological polar surface area (TPSA) is 103 Å². The van der Waals surface area contributed by atoms with E-state index in [4.69, 9.17) is 19.9 Å². The maximum Gasteiger partial charge on any atom is 0.340 e. The predicted molar refractivity (Wildman–Crippen MR) is 166 cm³/mol. The van der Waals surface area contributed by atoms with Gasteiger partial charge >= 0.3 is 6.03 Å². The van der Waals surface area contributed by atoms with Gasteiger partial charge in [0.25, 0.3) is 0 Å². The molecule has 1 fully saturated rings. The molecule has 1 aromatic heterocycles. The number of primary amides is 1. The van der Waals surface area contributed by atoms with Crippen molar-refractivity contribution in [3.63, 3.8) is 0 Å². The van der Waals surface area contributed by atoms with Gasteiger partial charge in [-0.3, -0.25) is 4.98 Å². The number of likely N-dealkylation sites (tertiary alicyclic amines) is 1. The normalized spacial score (nSPS) is 14.2. The van der Waals surface area contributed by atoms with Crippen LogP contribution in [0.5, 0.6) is 23.0 Å². The highest BCUT2D eigenvalue weighted by Gasteiger charge is 2.17. The number of pyridine rings is 1. The van der Waals surface area contributed by atoms with Crippen molar-refractivity contribution < 1.29 is 23.4 Å². The van der Waals surface area contributed by atoms with Gasteiger partial charge in [0.1, 0.15) is 5.75 Å². The summed E-state index contributed by atoms with van der Waals surface area (Å²) in [4.78, 5) is 18.8. The SMILES string of the molecule is COc1cc2c(Oc3ccc(/C=N/N(C(N)=O)c4ccccc4)cc3F)ccnc2cc1OCCCN1CCC(C)CC1. The number of fused-ring (bicyclic) bond motifs is 1. The van der Waals surface area contributed by atoms with Crippen LogP contribution in [-0.2, 0) is 0 Å². The number of hydrogen-bond donors (Lipinski definition) is 1. The van der Waals surface area contributed by atoms with Crippen molar-refractivity contribution in [3.05, 3.63) is 84.3 Å². The van der Waals surface area contributed by atoms with Gasteiger partial charge in [0.05, 0.1) is 31.1 Å². The zero-order valence-corrected chi connectivity index (χ0v) is 24.4. The van der Waals surface area contributed by atoms with Gasteiger partial charge in [0.2, 0.25) is 0 Å². The number of nitrogens with two attached hydrogens (primary N) is 1. The molecule has 0 radical (unpaired) electrons. The maximum absolute atomic E-state index is 15.1. The first-order valence-electron chi connectivity index (χ1n) is 14.4. The zero-order valence-electron chi connectivity index (χ0n) is 24.4. The van der Waals surface area contributed by atoms with Crippen LogP contribution in [0.3, 0.4) is 0 Å². The van der Waals surface area contributed by atoms with Gasteiger partial charge in [-0.1, -0.05) is 25.1 Å².